The highest BCUT2D eigenvalue weighted by molar-refractivity contribution is 5.92. The van der Waals surface area contributed by atoms with Gasteiger partial charge in [0.05, 0.1) is 28.6 Å². The second-order valence-corrected chi connectivity index (χ2v) is 7.80. The SMILES string of the molecule is C[C@@](O)(CC(=O)Nc1nc2cc(F)c(C#N)cc2n1C1CCC1)c1ccccc1F. The van der Waals surface area contributed by atoms with E-state index in [0.29, 0.717) is 11.0 Å². The van der Waals surface area contributed by atoms with Crippen LogP contribution in [0.2, 0.25) is 0 Å². The van der Waals surface area contributed by atoms with Crippen LogP contribution < -0.4 is 5.32 Å². The summed E-state index contributed by atoms with van der Waals surface area (Å²) in [5.41, 5.74) is -0.900. The molecule has 1 fully saturated rings. The van der Waals surface area contributed by atoms with E-state index in [9.17, 15) is 18.7 Å². The first-order valence-electron chi connectivity index (χ1n) is 9.69. The van der Waals surface area contributed by atoms with E-state index in [1.165, 1.54) is 37.3 Å². The Balaban J connectivity index is 1.65. The lowest BCUT2D eigenvalue weighted by Crippen LogP contribution is -2.30. The van der Waals surface area contributed by atoms with Gasteiger partial charge in [-0.1, -0.05) is 18.2 Å². The Kier molecular flexibility index (Phi) is 5.00. The number of amides is 1. The van der Waals surface area contributed by atoms with Gasteiger partial charge in [-0.05, 0) is 38.3 Å². The number of hydrogen-bond donors (Lipinski definition) is 2. The number of nitrogens with one attached hydrogen (secondary N) is 1. The number of imidazole rings is 1. The summed E-state index contributed by atoms with van der Waals surface area (Å²) in [6, 6.07) is 10.2. The standard InChI is InChI=1S/C22H20F2N4O2/c1-22(30,15-7-2-3-8-16(15)23)11-20(29)27-21-26-18-10-17(24)13(12-25)9-19(18)28(21)14-5-4-6-14/h2-3,7-10,14,30H,4-6,11H2,1H3,(H,26,27,29)/t22-/m1/s1. The molecular weight excluding hydrogens is 390 g/mol. The number of aliphatic hydroxyl groups is 1. The summed E-state index contributed by atoms with van der Waals surface area (Å²) in [6.45, 7) is 1.37. The molecule has 6 nitrogen and oxygen atoms in total. The maximum absolute atomic E-state index is 14.1. The lowest BCUT2D eigenvalue weighted by atomic mass is 9.91. The van der Waals surface area contributed by atoms with Crippen molar-refractivity contribution in [1.29, 1.82) is 5.26 Å². The summed E-state index contributed by atoms with van der Waals surface area (Å²) < 4.78 is 29.9. The van der Waals surface area contributed by atoms with Crippen LogP contribution in [0.3, 0.4) is 0 Å². The molecule has 0 radical (unpaired) electrons. The Hall–Kier alpha value is -3.31. The van der Waals surface area contributed by atoms with Crippen molar-refractivity contribution in [2.45, 2.75) is 44.2 Å². The third-order valence-electron chi connectivity index (χ3n) is 5.55. The van der Waals surface area contributed by atoms with Gasteiger partial charge in [-0.3, -0.25) is 10.1 Å². The average Bonchev–Trinajstić information content (AvgIpc) is 2.95. The van der Waals surface area contributed by atoms with Crippen molar-refractivity contribution < 1.29 is 18.7 Å². The Morgan fingerprint density at radius 1 is 1.33 bits per heavy atom. The first-order valence-corrected chi connectivity index (χ1v) is 9.69. The highest BCUT2D eigenvalue weighted by Gasteiger charge is 2.31. The highest BCUT2D eigenvalue weighted by Crippen LogP contribution is 2.38. The van der Waals surface area contributed by atoms with Crippen LogP contribution in [0.15, 0.2) is 36.4 Å². The summed E-state index contributed by atoms with van der Waals surface area (Å²) in [5, 5.41) is 22.5. The molecule has 2 aromatic carbocycles. The monoisotopic (exact) mass is 410 g/mol. The van der Waals surface area contributed by atoms with Gasteiger partial charge in [0.1, 0.15) is 17.7 Å². The molecule has 154 valence electrons. The third-order valence-corrected chi connectivity index (χ3v) is 5.55. The molecule has 0 unspecified atom stereocenters. The maximum Gasteiger partial charge on any atom is 0.229 e. The van der Waals surface area contributed by atoms with Crippen molar-refractivity contribution in [3.8, 4) is 6.07 Å². The minimum Gasteiger partial charge on any atom is -0.385 e. The van der Waals surface area contributed by atoms with E-state index in [0.717, 1.165) is 19.3 Å². The molecule has 1 aromatic heterocycles. The number of nitrogens with zero attached hydrogens (tertiary/aromatic N) is 3. The average molecular weight is 410 g/mol. The largest absolute Gasteiger partial charge is 0.385 e. The molecule has 1 amide bonds. The van der Waals surface area contributed by atoms with Crippen LogP contribution in [0.4, 0.5) is 14.7 Å². The van der Waals surface area contributed by atoms with Crippen LogP contribution in [0, 0.1) is 23.0 Å². The third kappa shape index (κ3) is 3.53. The highest BCUT2D eigenvalue weighted by atomic mass is 19.1. The van der Waals surface area contributed by atoms with Gasteiger partial charge in [-0.2, -0.15) is 5.26 Å². The summed E-state index contributed by atoms with van der Waals surface area (Å²) in [7, 11) is 0. The zero-order valence-electron chi connectivity index (χ0n) is 16.3. The van der Waals surface area contributed by atoms with Crippen LogP contribution in [0.1, 0.15) is 49.8 Å². The number of fused-ring (bicyclic) bond motifs is 1. The Labute approximate surface area is 171 Å². The topological polar surface area (TPSA) is 90.9 Å². The van der Waals surface area contributed by atoms with Crippen molar-refractivity contribution >= 4 is 22.9 Å². The van der Waals surface area contributed by atoms with E-state index in [-0.39, 0.29) is 29.5 Å². The number of benzene rings is 2. The van der Waals surface area contributed by atoms with Crippen LogP contribution in [0.5, 0.6) is 0 Å². The molecule has 1 aliphatic carbocycles. The molecule has 8 heteroatoms. The van der Waals surface area contributed by atoms with Gasteiger partial charge < -0.3 is 9.67 Å². The van der Waals surface area contributed by atoms with Gasteiger partial charge in [0.2, 0.25) is 11.9 Å². The van der Waals surface area contributed by atoms with E-state index < -0.39 is 23.1 Å². The smallest absolute Gasteiger partial charge is 0.229 e. The molecule has 30 heavy (non-hydrogen) atoms. The minimum absolute atomic E-state index is 0.0216. The van der Waals surface area contributed by atoms with Gasteiger partial charge in [-0.25, -0.2) is 13.8 Å². The number of carbonyl (C=O) groups is 1. The van der Waals surface area contributed by atoms with Crippen molar-refractivity contribution in [2.75, 3.05) is 5.32 Å². The van der Waals surface area contributed by atoms with Crippen LogP contribution in [-0.4, -0.2) is 20.6 Å². The number of nitriles is 1. The number of hydrogen-bond acceptors (Lipinski definition) is 4. The zero-order valence-corrected chi connectivity index (χ0v) is 16.3. The van der Waals surface area contributed by atoms with E-state index >= 15 is 0 Å². The van der Waals surface area contributed by atoms with Crippen molar-refractivity contribution in [3.05, 3.63) is 59.2 Å². The number of aromatic nitrogens is 2. The molecule has 0 spiro atoms. The molecule has 0 aliphatic heterocycles. The normalized spacial score (nSPS) is 16.0. The van der Waals surface area contributed by atoms with E-state index in [1.807, 2.05) is 6.07 Å². The fraction of sp³-hybridized carbons (Fsp3) is 0.318. The fourth-order valence-electron chi connectivity index (χ4n) is 3.78. The Morgan fingerprint density at radius 2 is 2.07 bits per heavy atom. The van der Waals surface area contributed by atoms with Gasteiger partial charge in [-0.15, -0.1) is 0 Å². The molecule has 1 atom stereocenters. The first kappa shape index (κ1) is 20.0. The van der Waals surface area contributed by atoms with Gasteiger partial charge in [0.15, 0.2) is 0 Å². The van der Waals surface area contributed by atoms with E-state index in [1.54, 1.807) is 10.6 Å². The molecule has 1 aliphatic rings. The summed E-state index contributed by atoms with van der Waals surface area (Å²) in [6.07, 6.45) is 2.38. The fourth-order valence-corrected chi connectivity index (χ4v) is 3.78. The van der Waals surface area contributed by atoms with Crippen LogP contribution in [-0.2, 0) is 10.4 Å². The van der Waals surface area contributed by atoms with Gasteiger partial charge in [0, 0.05) is 17.7 Å². The molecule has 2 N–H and O–H groups in total. The molecular formula is C22H20F2N4O2. The predicted molar refractivity (Wildman–Crippen MR) is 107 cm³/mol. The number of anilines is 1. The van der Waals surface area contributed by atoms with Crippen molar-refractivity contribution in [2.24, 2.45) is 0 Å². The first-order chi connectivity index (χ1) is 14.3. The predicted octanol–water partition coefficient (Wildman–Crippen LogP) is 4.15. The Morgan fingerprint density at radius 3 is 2.70 bits per heavy atom. The van der Waals surface area contributed by atoms with Gasteiger partial charge >= 0.3 is 0 Å². The van der Waals surface area contributed by atoms with Crippen LogP contribution >= 0.6 is 0 Å². The molecule has 4 rings (SSSR count). The molecule has 1 heterocycles. The van der Waals surface area contributed by atoms with E-state index in [4.69, 9.17) is 5.26 Å². The van der Waals surface area contributed by atoms with Crippen LogP contribution in [0.25, 0.3) is 11.0 Å². The molecule has 1 saturated carbocycles. The van der Waals surface area contributed by atoms with E-state index in [2.05, 4.69) is 10.3 Å². The maximum atomic E-state index is 14.1. The number of halogens is 2. The number of rotatable bonds is 5. The quantitative estimate of drug-likeness (QED) is 0.661. The second kappa shape index (κ2) is 7.50. The number of carbonyl (C=O) groups excluding carboxylic acids is 1. The summed E-state index contributed by atoms with van der Waals surface area (Å²) in [4.78, 5) is 17.0. The summed E-state index contributed by atoms with van der Waals surface area (Å²) in [5.74, 6) is -1.61. The lowest BCUT2D eigenvalue weighted by Gasteiger charge is -2.29. The molecule has 0 saturated heterocycles. The van der Waals surface area contributed by atoms with Crippen molar-refractivity contribution in [1.82, 2.24) is 9.55 Å². The van der Waals surface area contributed by atoms with Gasteiger partial charge in [0.25, 0.3) is 0 Å². The van der Waals surface area contributed by atoms with Crippen molar-refractivity contribution in [3.63, 3.8) is 0 Å². The molecule has 3 aromatic rings. The minimum atomic E-state index is -1.72. The zero-order chi connectivity index (χ0) is 21.5. The molecule has 0 bridgehead atoms. The lowest BCUT2D eigenvalue weighted by molar-refractivity contribution is -0.120. The second-order valence-electron chi connectivity index (χ2n) is 7.80. The Bertz CT molecular complexity index is 1180. The summed E-state index contributed by atoms with van der Waals surface area (Å²) >= 11 is 0.